The lowest BCUT2D eigenvalue weighted by Gasteiger charge is -2.36. The summed E-state index contributed by atoms with van der Waals surface area (Å²) in [7, 11) is 0. The fraction of sp³-hybridized carbons (Fsp3) is 0.389. The number of nitrogens with one attached hydrogen (secondary N) is 1. The maximum absolute atomic E-state index is 11.9. The quantitative estimate of drug-likeness (QED) is 0.906. The number of piperazine rings is 1. The zero-order valence-corrected chi connectivity index (χ0v) is 14.0. The van der Waals surface area contributed by atoms with Crippen molar-refractivity contribution in [2.75, 3.05) is 31.1 Å². The summed E-state index contributed by atoms with van der Waals surface area (Å²) in [5, 5.41) is 6.39. The van der Waals surface area contributed by atoms with Crippen molar-refractivity contribution in [3.05, 3.63) is 58.3 Å². The maximum Gasteiger partial charge on any atom is 0.273 e. The molecule has 0 bridgehead atoms. The molecule has 0 aromatic carbocycles. The summed E-state index contributed by atoms with van der Waals surface area (Å²) in [4.78, 5) is 21.0. The van der Waals surface area contributed by atoms with Gasteiger partial charge in [0, 0.05) is 44.6 Å². The van der Waals surface area contributed by atoms with E-state index in [0.29, 0.717) is 5.56 Å². The highest BCUT2D eigenvalue weighted by molar-refractivity contribution is 5.64. The standard InChI is InChI=1S/C18H23N5O/c1-3-15-17(12-20-21-18(15)24)23-10-8-22(9-11-23)13-14-6-5-7-19-16(14)4-2/h3,5-7,12H,1,4,8-11,13H2,2H3,(H,21,24). The summed E-state index contributed by atoms with van der Waals surface area (Å²) < 4.78 is 0. The van der Waals surface area contributed by atoms with Crippen LogP contribution >= 0.6 is 0 Å². The van der Waals surface area contributed by atoms with Crippen molar-refractivity contribution in [1.82, 2.24) is 20.1 Å². The second-order valence-electron chi connectivity index (χ2n) is 5.93. The summed E-state index contributed by atoms with van der Waals surface area (Å²) in [6.45, 7) is 10.4. The van der Waals surface area contributed by atoms with Crippen LogP contribution in [0.5, 0.6) is 0 Å². The molecule has 6 heteroatoms. The highest BCUT2D eigenvalue weighted by Crippen LogP contribution is 2.20. The van der Waals surface area contributed by atoms with E-state index in [2.05, 4.69) is 44.6 Å². The van der Waals surface area contributed by atoms with Gasteiger partial charge in [0.1, 0.15) is 0 Å². The van der Waals surface area contributed by atoms with Gasteiger partial charge < -0.3 is 4.90 Å². The lowest BCUT2D eigenvalue weighted by atomic mass is 10.1. The van der Waals surface area contributed by atoms with Crippen molar-refractivity contribution in [2.24, 2.45) is 0 Å². The summed E-state index contributed by atoms with van der Waals surface area (Å²) >= 11 is 0. The van der Waals surface area contributed by atoms with Crippen LogP contribution in [0.4, 0.5) is 5.69 Å². The van der Waals surface area contributed by atoms with Crippen LogP contribution in [-0.2, 0) is 13.0 Å². The molecule has 0 atom stereocenters. The molecule has 1 aliphatic heterocycles. The maximum atomic E-state index is 11.9. The molecule has 0 spiro atoms. The first-order chi connectivity index (χ1) is 11.7. The Labute approximate surface area is 141 Å². The molecule has 3 rings (SSSR count). The lowest BCUT2D eigenvalue weighted by molar-refractivity contribution is 0.249. The minimum Gasteiger partial charge on any atom is -0.367 e. The Morgan fingerprint density at radius 2 is 2.12 bits per heavy atom. The van der Waals surface area contributed by atoms with Crippen LogP contribution < -0.4 is 10.5 Å². The molecule has 0 unspecified atom stereocenters. The van der Waals surface area contributed by atoms with Gasteiger partial charge in [-0.2, -0.15) is 5.10 Å². The number of nitrogens with zero attached hydrogens (tertiary/aromatic N) is 4. The third kappa shape index (κ3) is 3.38. The van der Waals surface area contributed by atoms with E-state index in [1.807, 2.05) is 12.3 Å². The van der Waals surface area contributed by atoms with E-state index in [0.717, 1.165) is 44.8 Å². The molecule has 2 aromatic heterocycles. The fourth-order valence-electron chi connectivity index (χ4n) is 3.17. The first-order valence-corrected chi connectivity index (χ1v) is 8.33. The minimum absolute atomic E-state index is 0.187. The number of anilines is 1. The van der Waals surface area contributed by atoms with Gasteiger partial charge in [-0.05, 0) is 18.1 Å². The SMILES string of the molecule is C=Cc1c(N2CCN(Cc3cccnc3CC)CC2)cn[nH]c1=O. The number of aromatic nitrogens is 3. The average Bonchev–Trinajstić information content (AvgIpc) is 2.62. The van der Waals surface area contributed by atoms with Gasteiger partial charge in [0.15, 0.2) is 0 Å². The molecule has 1 fully saturated rings. The fourth-order valence-corrected chi connectivity index (χ4v) is 3.17. The largest absolute Gasteiger partial charge is 0.367 e. The number of rotatable bonds is 5. The zero-order valence-electron chi connectivity index (χ0n) is 14.0. The van der Waals surface area contributed by atoms with Crippen molar-refractivity contribution < 1.29 is 0 Å². The number of pyridine rings is 1. The molecule has 2 aromatic rings. The monoisotopic (exact) mass is 325 g/mol. The molecule has 1 N–H and O–H groups in total. The molecule has 0 saturated carbocycles. The van der Waals surface area contributed by atoms with Crippen LogP contribution in [-0.4, -0.2) is 46.3 Å². The van der Waals surface area contributed by atoms with E-state index in [1.54, 1.807) is 12.3 Å². The van der Waals surface area contributed by atoms with Crippen molar-refractivity contribution >= 4 is 11.8 Å². The van der Waals surface area contributed by atoms with Crippen molar-refractivity contribution in [3.8, 4) is 0 Å². The van der Waals surface area contributed by atoms with Crippen LogP contribution in [0.15, 0.2) is 35.9 Å². The number of aryl methyl sites for hydroxylation is 1. The molecular formula is C18H23N5O. The molecule has 3 heterocycles. The molecule has 6 nitrogen and oxygen atoms in total. The highest BCUT2D eigenvalue weighted by atomic mass is 16.1. The van der Waals surface area contributed by atoms with Gasteiger partial charge in [-0.3, -0.25) is 14.7 Å². The van der Waals surface area contributed by atoms with Gasteiger partial charge in [0.25, 0.3) is 5.56 Å². The highest BCUT2D eigenvalue weighted by Gasteiger charge is 2.20. The predicted molar refractivity (Wildman–Crippen MR) is 96.1 cm³/mol. The third-order valence-corrected chi connectivity index (χ3v) is 4.50. The first-order valence-electron chi connectivity index (χ1n) is 8.33. The summed E-state index contributed by atoms with van der Waals surface area (Å²) in [6.07, 6.45) is 6.13. The Bertz CT molecular complexity index is 762. The number of H-pyrrole nitrogens is 1. The molecule has 24 heavy (non-hydrogen) atoms. The Balaban J connectivity index is 1.67. The Morgan fingerprint density at radius 1 is 1.33 bits per heavy atom. The summed E-state index contributed by atoms with van der Waals surface area (Å²) in [6, 6.07) is 4.16. The molecule has 1 saturated heterocycles. The van der Waals surface area contributed by atoms with Gasteiger partial charge in [-0.15, -0.1) is 0 Å². The van der Waals surface area contributed by atoms with Gasteiger partial charge in [-0.1, -0.05) is 25.6 Å². The average molecular weight is 325 g/mol. The van der Waals surface area contributed by atoms with Gasteiger partial charge in [0.05, 0.1) is 17.4 Å². The Hall–Kier alpha value is -2.47. The topological polar surface area (TPSA) is 65.1 Å². The predicted octanol–water partition coefficient (Wildman–Crippen LogP) is 1.69. The molecule has 0 amide bonds. The van der Waals surface area contributed by atoms with Crippen LogP contribution in [0.1, 0.15) is 23.7 Å². The van der Waals surface area contributed by atoms with E-state index < -0.39 is 0 Å². The minimum atomic E-state index is -0.187. The van der Waals surface area contributed by atoms with E-state index in [1.165, 1.54) is 11.3 Å². The Morgan fingerprint density at radius 3 is 2.83 bits per heavy atom. The summed E-state index contributed by atoms with van der Waals surface area (Å²) in [5.41, 5.74) is 3.75. The van der Waals surface area contributed by atoms with Crippen LogP contribution in [0.3, 0.4) is 0 Å². The molecule has 0 radical (unpaired) electrons. The van der Waals surface area contributed by atoms with Crippen LogP contribution in [0.25, 0.3) is 6.08 Å². The Kier molecular flexibility index (Phi) is 5.05. The van der Waals surface area contributed by atoms with E-state index in [-0.39, 0.29) is 5.56 Å². The van der Waals surface area contributed by atoms with E-state index in [4.69, 9.17) is 0 Å². The molecule has 1 aliphatic rings. The zero-order chi connectivity index (χ0) is 16.9. The van der Waals surface area contributed by atoms with Gasteiger partial charge in [0.2, 0.25) is 0 Å². The number of hydrogen-bond acceptors (Lipinski definition) is 5. The van der Waals surface area contributed by atoms with Crippen LogP contribution in [0, 0.1) is 0 Å². The van der Waals surface area contributed by atoms with Gasteiger partial charge in [-0.25, -0.2) is 5.10 Å². The van der Waals surface area contributed by atoms with Crippen molar-refractivity contribution in [3.63, 3.8) is 0 Å². The normalized spacial score (nSPS) is 15.5. The first kappa shape index (κ1) is 16.4. The third-order valence-electron chi connectivity index (χ3n) is 4.50. The second kappa shape index (κ2) is 7.40. The molecular weight excluding hydrogens is 302 g/mol. The lowest BCUT2D eigenvalue weighted by Crippen LogP contribution is -2.46. The second-order valence-corrected chi connectivity index (χ2v) is 5.93. The van der Waals surface area contributed by atoms with Crippen molar-refractivity contribution in [1.29, 1.82) is 0 Å². The summed E-state index contributed by atoms with van der Waals surface area (Å²) in [5.74, 6) is 0. The number of hydrogen-bond donors (Lipinski definition) is 1. The van der Waals surface area contributed by atoms with Crippen LogP contribution in [0.2, 0.25) is 0 Å². The van der Waals surface area contributed by atoms with E-state index in [9.17, 15) is 4.79 Å². The van der Waals surface area contributed by atoms with E-state index >= 15 is 0 Å². The smallest absolute Gasteiger partial charge is 0.273 e. The molecule has 0 aliphatic carbocycles. The van der Waals surface area contributed by atoms with Gasteiger partial charge >= 0.3 is 0 Å². The molecule has 126 valence electrons. The number of aromatic amines is 1. The van der Waals surface area contributed by atoms with Crippen molar-refractivity contribution in [2.45, 2.75) is 19.9 Å².